The number of hydrogen-bond acceptors (Lipinski definition) is 8. The van der Waals surface area contributed by atoms with Gasteiger partial charge in [-0.15, -0.1) is 0 Å². The maximum atomic E-state index is 13.4. The van der Waals surface area contributed by atoms with Crippen LogP contribution in [-0.4, -0.2) is 47.5 Å². The molecule has 2 aromatic rings. The van der Waals surface area contributed by atoms with Crippen molar-refractivity contribution in [2.75, 3.05) is 18.5 Å². The number of nitrogens with zero attached hydrogens (tertiary/aromatic N) is 3. The van der Waals surface area contributed by atoms with Gasteiger partial charge in [0, 0.05) is 31.1 Å². The molecule has 2 unspecified atom stereocenters. The Kier molecular flexibility index (Phi) is 6.86. The number of ketones is 1. The van der Waals surface area contributed by atoms with Crippen molar-refractivity contribution in [3.8, 4) is 11.8 Å². The topological polar surface area (TPSA) is 145 Å². The smallest absolute Gasteiger partial charge is 0.232 e. The lowest BCUT2D eigenvalue weighted by Crippen LogP contribution is -2.38. The van der Waals surface area contributed by atoms with E-state index in [1.54, 1.807) is 12.1 Å². The highest BCUT2D eigenvalue weighted by Crippen LogP contribution is 2.43. The highest BCUT2D eigenvalue weighted by molar-refractivity contribution is 6.19. The fourth-order valence-corrected chi connectivity index (χ4v) is 3.90. The standard InChI is InChI=1S/C24H22FN5O5/c1-27-24(34)17-12-30-18(31)10-16(23(33)28-8-2-7-26)21(32)19-20(30)22(35-17)14(11-29-19)9-13-3-5-15(25)6-4-13/h3-6,11-12,16,24,27,34H,2,8-10H2,1H3,(H,28,33). The minimum atomic E-state index is -1.34. The normalized spacial score (nSPS) is 17.5. The Morgan fingerprint density at radius 3 is 2.80 bits per heavy atom. The van der Waals surface area contributed by atoms with Crippen LogP contribution in [0.15, 0.2) is 42.4 Å². The third-order valence-corrected chi connectivity index (χ3v) is 5.70. The molecular formula is C24H22FN5O5. The van der Waals surface area contributed by atoms with E-state index in [2.05, 4.69) is 15.6 Å². The van der Waals surface area contributed by atoms with E-state index in [4.69, 9.17) is 10.00 Å². The van der Waals surface area contributed by atoms with Crippen molar-refractivity contribution in [3.63, 3.8) is 0 Å². The highest BCUT2D eigenvalue weighted by atomic mass is 19.1. The zero-order chi connectivity index (χ0) is 25.1. The van der Waals surface area contributed by atoms with Crippen molar-refractivity contribution in [1.82, 2.24) is 15.6 Å². The van der Waals surface area contributed by atoms with Crippen LogP contribution in [0.25, 0.3) is 0 Å². The average molecular weight is 479 g/mol. The molecule has 2 aliphatic heterocycles. The largest absolute Gasteiger partial charge is 0.453 e. The zero-order valence-electron chi connectivity index (χ0n) is 18.7. The summed E-state index contributed by atoms with van der Waals surface area (Å²) in [5.74, 6) is -3.48. The maximum absolute atomic E-state index is 13.4. The first-order valence-corrected chi connectivity index (χ1v) is 10.9. The van der Waals surface area contributed by atoms with Gasteiger partial charge < -0.3 is 15.2 Å². The van der Waals surface area contributed by atoms with Crippen LogP contribution in [-0.2, 0) is 16.0 Å². The van der Waals surface area contributed by atoms with E-state index >= 15 is 0 Å². The van der Waals surface area contributed by atoms with Gasteiger partial charge in [0.1, 0.15) is 23.1 Å². The molecular weight excluding hydrogens is 457 g/mol. The molecule has 0 saturated carbocycles. The van der Waals surface area contributed by atoms with Crippen molar-refractivity contribution >= 4 is 23.3 Å². The van der Waals surface area contributed by atoms with Gasteiger partial charge in [-0.3, -0.25) is 29.6 Å². The van der Waals surface area contributed by atoms with E-state index < -0.39 is 42.0 Å². The number of hydrogen-bond donors (Lipinski definition) is 3. The van der Waals surface area contributed by atoms with Gasteiger partial charge in [-0.1, -0.05) is 12.1 Å². The molecule has 0 fully saturated rings. The molecule has 1 aromatic heterocycles. The predicted molar refractivity (Wildman–Crippen MR) is 120 cm³/mol. The Balaban J connectivity index is 1.79. The van der Waals surface area contributed by atoms with E-state index in [-0.39, 0.29) is 42.3 Å². The zero-order valence-corrected chi connectivity index (χ0v) is 18.7. The summed E-state index contributed by atoms with van der Waals surface area (Å²) in [6, 6.07) is 7.69. The fraction of sp³-hybridized carbons (Fsp3) is 0.292. The number of halogens is 1. The van der Waals surface area contributed by atoms with E-state index in [1.807, 2.05) is 6.07 Å². The molecule has 4 rings (SSSR count). The number of aromatic nitrogens is 1. The van der Waals surface area contributed by atoms with E-state index in [0.717, 1.165) is 5.56 Å². The molecule has 0 aliphatic carbocycles. The Morgan fingerprint density at radius 1 is 1.37 bits per heavy atom. The number of carbonyl (C=O) groups is 3. The van der Waals surface area contributed by atoms with E-state index in [9.17, 15) is 23.9 Å². The summed E-state index contributed by atoms with van der Waals surface area (Å²) in [4.78, 5) is 44.7. The molecule has 0 bridgehead atoms. The summed E-state index contributed by atoms with van der Waals surface area (Å²) in [5.41, 5.74) is 1.18. The second-order valence-corrected chi connectivity index (χ2v) is 8.02. The number of rotatable bonds is 7. The SMILES string of the molecule is CNC(O)C1=CN2C(=O)CC(C(=O)NCCC#N)C(=O)c3ncc(Cc4ccc(F)cc4)c(c32)O1. The molecule has 35 heavy (non-hydrogen) atoms. The number of Topliss-reactive ketones (excluding diaryl/α,β-unsaturated/α-hetero) is 1. The second kappa shape index (κ2) is 10.0. The number of benzene rings is 1. The molecule has 2 amide bonds. The number of ether oxygens (including phenoxy) is 1. The molecule has 11 heteroatoms. The lowest BCUT2D eigenvalue weighted by molar-refractivity contribution is -0.127. The lowest BCUT2D eigenvalue weighted by Gasteiger charge is -2.30. The number of nitrogens with one attached hydrogen (secondary N) is 2. The lowest BCUT2D eigenvalue weighted by atomic mass is 9.96. The molecule has 180 valence electrons. The first kappa shape index (κ1) is 24.0. The van der Waals surface area contributed by atoms with Gasteiger partial charge in [-0.05, 0) is 24.7 Å². The molecule has 3 heterocycles. The van der Waals surface area contributed by atoms with Gasteiger partial charge in [0.15, 0.2) is 23.5 Å². The van der Waals surface area contributed by atoms with Gasteiger partial charge in [0.25, 0.3) is 0 Å². The van der Waals surface area contributed by atoms with Crippen LogP contribution in [0.3, 0.4) is 0 Å². The highest BCUT2D eigenvalue weighted by Gasteiger charge is 2.42. The first-order valence-electron chi connectivity index (χ1n) is 10.9. The third kappa shape index (κ3) is 4.75. The molecule has 1 aromatic carbocycles. The molecule has 2 aliphatic rings. The fourth-order valence-electron chi connectivity index (χ4n) is 3.90. The number of pyridine rings is 1. The van der Waals surface area contributed by atoms with E-state index in [1.165, 1.54) is 36.5 Å². The van der Waals surface area contributed by atoms with Gasteiger partial charge >= 0.3 is 0 Å². The Morgan fingerprint density at radius 2 is 2.11 bits per heavy atom. The Hall–Kier alpha value is -4.14. The molecule has 3 N–H and O–H groups in total. The van der Waals surface area contributed by atoms with Crippen LogP contribution in [0.5, 0.6) is 5.75 Å². The summed E-state index contributed by atoms with van der Waals surface area (Å²) in [6.07, 6.45) is 1.29. The van der Waals surface area contributed by atoms with Crippen molar-refractivity contribution in [2.24, 2.45) is 5.92 Å². The summed E-state index contributed by atoms with van der Waals surface area (Å²) >= 11 is 0. The molecule has 10 nitrogen and oxygen atoms in total. The van der Waals surface area contributed by atoms with Gasteiger partial charge in [0.05, 0.1) is 18.7 Å². The maximum Gasteiger partial charge on any atom is 0.232 e. The monoisotopic (exact) mass is 479 g/mol. The summed E-state index contributed by atoms with van der Waals surface area (Å²) in [5, 5.41) is 24.2. The Labute approximate surface area is 200 Å². The molecule has 0 spiro atoms. The first-order chi connectivity index (χ1) is 16.8. The molecule has 0 radical (unpaired) electrons. The molecule has 0 saturated heterocycles. The molecule has 2 atom stereocenters. The second-order valence-electron chi connectivity index (χ2n) is 8.02. The van der Waals surface area contributed by atoms with Crippen LogP contribution in [0, 0.1) is 23.1 Å². The van der Waals surface area contributed by atoms with Crippen molar-refractivity contribution in [1.29, 1.82) is 5.26 Å². The number of likely N-dealkylation sites (N-methyl/N-ethyl adjacent to an activating group) is 1. The van der Waals surface area contributed by atoms with Crippen molar-refractivity contribution < 1.29 is 28.6 Å². The van der Waals surface area contributed by atoms with Crippen molar-refractivity contribution in [3.05, 3.63) is 65.1 Å². The Bertz CT molecular complexity index is 1250. The number of amides is 2. The van der Waals surface area contributed by atoms with Crippen LogP contribution < -0.4 is 20.3 Å². The number of aliphatic hydroxyl groups excluding tert-OH is 1. The quantitative estimate of drug-likeness (QED) is 0.305. The number of carbonyl (C=O) groups excluding carboxylic acids is 3. The van der Waals surface area contributed by atoms with Crippen LogP contribution in [0.1, 0.15) is 34.5 Å². The number of aliphatic hydroxyl groups is 1. The van der Waals surface area contributed by atoms with Crippen LogP contribution in [0.2, 0.25) is 0 Å². The minimum absolute atomic E-state index is 0.00947. The van der Waals surface area contributed by atoms with Gasteiger partial charge in [-0.25, -0.2) is 4.39 Å². The van der Waals surface area contributed by atoms with Crippen LogP contribution in [0.4, 0.5) is 10.1 Å². The summed E-state index contributed by atoms with van der Waals surface area (Å²) in [7, 11) is 1.50. The van der Waals surface area contributed by atoms with Gasteiger partial charge in [-0.2, -0.15) is 5.26 Å². The third-order valence-electron chi connectivity index (χ3n) is 5.70. The summed E-state index contributed by atoms with van der Waals surface area (Å²) < 4.78 is 19.3. The number of anilines is 1. The summed E-state index contributed by atoms with van der Waals surface area (Å²) in [6.45, 7) is 0.0423. The van der Waals surface area contributed by atoms with Crippen molar-refractivity contribution in [2.45, 2.75) is 25.5 Å². The average Bonchev–Trinajstić information content (AvgIpc) is 2.97. The predicted octanol–water partition coefficient (Wildman–Crippen LogP) is 1.15. The van der Waals surface area contributed by atoms with Gasteiger partial charge in [0.2, 0.25) is 11.8 Å². The van der Waals surface area contributed by atoms with Crippen LogP contribution >= 0.6 is 0 Å². The minimum Gasteiger partial charge on any atom is -0.453 e. The number of nitriles is 1. The van der Waals surface area contributed by atoms with E-state index in [0.29, 0.717) is 5.56 Å².